The fourth-order valence-corrected chi connectivity index (χ4v) is 4.32. The molecule has 0 saturated carbocycles. The molecule has 5 aliphatic rings. The van der Waals surface area contributed by atoms with Crippen molar-refractivity contribution in [3.05, 3.63) is 70.4 Å². The lowest BCUT2D eigenvalue weighted by Gasteiger charge is -2.22. The lowest BCUT2D eigenvalue weighted by Crippen LogP contribution is -2.40. The number of Topliss-reactive ketones (excluding diaryl/α,β-unsaturated/α-hetero) is 2. The Hall–Kier alpha value is -4.11. The third-order valence-corrected chi connectivity index (χ3v) is 6.31. The van der Waals surface area contributed by atoms with Crippen LogP contribution in [0.1, 0.15) is 34.6 Å². The van der Waals surface area contributed by atoms with Gasteiger partial charge in [-0.25, -0.2) is 20.0 Å². The van der Waals surface area contributed by atoms with Crippen LogP contribution in [-0.4, -0.2) is 56.7 Å². The summed E-state index contributed by atoms with van der Waals surface area (Å²) in [6, 6.07) is 0. The van der Waals surface area contributed by atoms with Crippen LogP contribution in [0.5, 0.6) is 0 Å². The Kier molecular flexibility index (Phi) is 4.82. The van der Waals surface area contributed by atoms with Crippen LogP contribution in [-0.2, 0) is 19.1 Å². The fraction of sp³-hybridized carbons (Fsp3) is 0.269. The maximum absolute atomic E-state index is 13.3. The number of esters is 1. The molecule has 2 atom stereocenters. The highest BCUT2D eigenvalue weighted by Gasteiger charge is 2.48. The zero-order chi connectivity index (χ0) is 25.3. The number of aliphatic imine (C=N–C) groups is 4. The van der Waals surface area contributed by atoms with E-state index < -0.39 is 28.7 Å². The first-order valence-electron chi connectivity index (χ1n) is 11.0. The van der Waals surface area contributed by atoms with E-state index in [1.165, 1.54) is 32.9 Å². The first-order valence-corrected chi connectivity index (χ1v) is 11.0. The second-order valence-electron chi connectivity index (χ2n) is 9.20. The van der Waals surface area contributed by atoms with Crippen LogP contribution < -0.4 is 0 Å². The van der Waals surface area contributed by atoms with Gasteiger partial charge < -0.3 is 9.84 Å². The maximum atomic E-state index is 13.3. The van der Waals surface area contributed by atoms with E-state index in [-0.39, 0.29) is 22.8 Å². The molecule has 5 heterocycles. The molecule has 5 rings (SSSR count). The molecule has 9 heteroatoms. The average Bonchev–Trinajstić information content (AvgIpc) is 3.41. The lowest BCUT2D eigenvalue weighted by atomic mass is 9.95. The van der Waals surface area contributed by atoms with Crippen molar-refractivity contribution in [1.29, 1.82) is 0 Å². The highest BCUT2D eigenvalue weighted by atomic mass is 16.6. The van der Waals surface area contributed by atoms with Crippen LogP contribution in [0.25, 0.3) is 0 Å². The van der Waals surface area contributed by atoms with Crippen molar-refractivity contribution in [2.24, 2.45) is 20.0 Å². The number of ether oxygens (including phenoxy) is 1. The Labute approximate surface area is 201 Å². The predicted octanol–water partition coefficient (Wildman–Crippen LogP) is 2.46. The normalized spacial score (nSPS) is 29.3. The Morgan fingerprint density at radius 2 is 1.49 bits per heavy atom. The number of allylic oxidation sites excluding steroid dienone is 8. The van der Waals surface area contributed by atoms with E-state index in [9.17, 15) is 19.5 Å². The van der Waals surface area contributed by atoms with Gasteiger partial charge in [0.05, 0.1) is 34.2 Å². The number of nitrogens with zero attached hydrogens (tertiary/aromatic N) is 4. The van der Waals surface area contributed by atoms with Crippen molar-refractivity contribution in [2.75, 3.05) is 0 Å². The second kappa shape index (κ2) is 7.44. The quantitative estimate of drug-likeness (QED) is 0.589. The molecule has 176 valence electrons. The van der Waals surface area contributed by atoms with Crippen LogP contribution in [0, 0.1) is 0 Å². The molecule has 35 heavy (non-hydrogen) atoms. The largest absolute Gasteiger partial charge is 0.444 e. The molecule has 9 nitrogen and oxygen atoms in total. The van der Waals surface area contributed by atoms with Crippen molar-refractivity contribution >= 4 is 40.4 Å². The van der Waals surface area contributed by atoms with Gasteiger partial charge in [0, 0.05) is 6.92 Å². The van der Waals surface area contributed by atoms with Gasteiger partial charge >= 0.3 is 5.97 Å². The maximum Gasteiger partial charge on any atom is 0.304 e. The molecule has 0 amide bonds. The van der Waals surface area contributed by atoms with Crippen LogP contribution in [0.15, 0.2) is 90.4 Å². The van der Waals surface area contributed by atoms with Crippen LogP contribution >= 0.6 is 0 Å². The van der Waals surface area contributed by atoms with Gasteiger partial charge in [0.1, 0.15) is 11.4 Å². The Balaban J connectivity index is 1.75. The topological polar surface area (TPSA) is 130 Å². The molecular weight excluding hydrogens is 448 g/mol. The summed E-state index contributed by atoms with van der Waals surface area (Å²) in [5, 5.41) is 10.9. The monoisotopic (exact) mass is 470 g/mol. The summed E-state index contributed by atoms with van der Waals surface area (Å²) >= 11 is 0. The molecule has 0 spiro atoms. The molecular formula is C26H22N4O5. The minimum atomic E-state index is -1.81. The molecule has 0 aliphatic carbocycles. The van der Waals surface area contributed by atoms with Gasteiger partial charge in [-0.05, 0) is 75.3 Å². The van der Waals surface area contributed by atoms with E-state index in [1.807, 2.05) is 13.8 Å². The second-order valence-corrected chi connectivity index (χ2v) is 9.20. The molecule has 2 unspecified atom stereocenters. The molecule has 1 N–H and O–H groups in total. The Morgan fingerprint density at radius 3 is 2.20 bits per heavy atom. The van der Waals surface area contributed by atoms with Gasteiger partial charge in [-0.1, -0.05) is 0 Å². The van der Waals surface area contributed by atoms with Gasteiger partial charge in [-0.3, -0.25) is 14.4 Å². The molecule has 0 aromatic rings. The number of carbonyl (C=O) groups excluding carboxylic acids is 3. The van der Waals surface area contributed by atoms with Gasteiger partial charge in [0.15, 0.2) is 5.60 Å². The molecule has 0 fully saturated rings. The first-order chi connectivity index (χ1) is 16.4. The first kappa shape index (κ1) is 22.7. The molecule has 0 radical (unpaired) electrons. The van der Waals surface area contributed by atoms with Crippen molar-refractivity contribution in [3.63, 3.8) is 0 Å². The van der Waals surface area contributed by atoms with Crippen LogP contribution in [0.3, 0.4) is 0 Å². The van der Waals surface area contributed by atoms with Crippen molar-refractivity contribution in [3.8, 4) is 0 Å². The predicted molar refractivity (Wildman–Crippen MR) is 130 cm³/mol. The number of carbonyl (C=O) groups is 3. The number of hydrogen-bond acceptors (Lipinski definition) is 9. The molecule has 0 saturated heterocycles. The van der Waals surface area contributed by atoms with Crippen molar-refractivity contribution in [2.45, 2.75) is 45.8 Å². The molecule has 5 aliphatic heterocycles. The summed E-state index contributed by atoms with van der Waals surface area (Å²) in [7, 11) is 0. The average molecular weight is 470 g/mol. The third kappa shape index (κ3) is 3.55. The third-order valence-electron chi connectivity index (χ3n) is 6.31. The van der Waals surface area contributed by atoms with Crippen molar-refractivity contribution < 1.29 is 24.2 Å². The number of aliphatic hydroxyl groups is 1. The molecule has 0 aromatic heterocycles. The highest BCUT2D eigenvalue weighted by Crippen LogP contribution is 2.35. The Bertz CT molecular complexity index is 1470. The number of rotatable bonds is 1. The minimum absolute atomic E-state index is 0.0749. The zero-order valence-electron chi connectivity index (χ0n) is 19.8. The lowest BCUT2D eigenvalue weighted by molar-refractivity contribution is -0.156. The van der Waals surface area contributed by atoms with Gasteiger partial charge in [-0.2, -0.15) is 0 Å². The standard InChI is InChI=1S/C26H22N4O5/c1-12-7-16-9-22-26(5,35-14(3)31)24(33)19(30-22)8-15-6-13(2)18(27-15)11-21-25(4,34)23(32)20(29-21)10-17(12)28-16/h6-11,34H,1-5H3. The minimum Gasteiger partial charge on any atom is -0.444 e. The number of fused-ring (bicyclic) bond motifs is 4. The van der Waals surface area contributed by atoms with Gasteiger partial charge in [0.2, 0.25) is 17.2 Å². The van der Waals surface area contributed by atoms with E-state index in [4.69, 9.17) is 4.74 Å². The van der Waals surface area contributed by atoms with Gasteiger partial charge in [0.25, 0.3) is 0 Å². The zero-order valence-corrected chi connectivity index (χ0v) is 19.8. The molecule has 0 aromatic carbocycles. The summed E-state index contributed by atoms with van der Waals surface area (Å²) in [5.41, 5.74) is 0.505. The van der Waals surface area contributed by atoms with Crippen LogP contribution in [0.4, 0.5) is 0 Å². The summed E-state index contributed by atoms with van der Waals surface area (Å²) < 4.78 is 5.44. The van der Waals surface area contributed by atoms with E-state index in [0.29, 0.717) is 22.8 Å². The number of hydrogen-bond donors (Lipinski definition) is 1. The summed E-state index contributed by atoms with van der Waals surface area (Å²) in [4.78, 5) is 56.0. The summed E-state index contributed by atoms with van der Waals surface area (Å²) in [5.74, 6) is -1.63. The summed E-state index contributed by atoms with van der Waals surface area (Å²) in [6.45, 7) is 7.76. The highest BCUT2D eigenvalue weighted by molar-refractivity contribution is 6.51. The number of ketones is 2. The van der Waals surface area contributed by atoms with Crippen LogP contribution in [0.2, 0.25) is 0 Å². The van der Waals surface area contributed by atoms with E-state index in [0.717, 1.165) is 11.1 Å². The van der Waals surface area contributed by atoms with E-state index >= 15 is 0 Å². The van der Waals surface area contributed by atoms with E-state index in [1.54, 1.807) is 24.3 Å². The fourth-order valence-electron chi connectivity index (χ4n) is 4.32. The van der Waals surface area contributed by atoms with Crippen molar-refractivity contribution in [1.82, 2.24) is 0 Å². The molecule has 8 bridgehead atoms. The Morgan fingerprint density at radius 1 is 0.800 bits per heavy atom. The van der Waals surface area contributed by atoms with Gasteiger partial charge in [-0.15, -0.1) is 0 Å². The van der Waals surface area contributed by atoms with E-state index in [2.05, 4.69) is 20.0 Å². The summed E-state index contributed by atoms with van der Waals surface area (Å²) in [6.07, 6.45) is 9.68. The smallest absolute Gasteiger partial charge is 0.304 e. The SMILES string of the molecule is CC(=O)OC1(C)C(=O)C2=NC1=CC1=NC(=CC3=NC(=CC4=NC(=C2)C=C4C)C(C)(O)C3=O)C(C)=C1.